The Labute approximate surface area is 131 Å². The highest BCUT2D eigenvalue weighted by Crippen LogP contribution is 2.37. The van der Waals surface area contributed by atoms with Crippen molar-refractivity contribution in [2.45, 2.75) is 10.2 Å². The van der Waals surface area contributed by atoms with Crippen molar-refractivity contribution in [3.8, 4) is 10.6 Å². The SMILES string of the molecule is O=CCc1sc(-c2ccc(Cl)cc2)nc1C(Br)Br. The average Bonchev–Trinajstić information content (AvgIpc) is 2.75. The first-order valence-electron chi connectivity index (χ1n) is 5.09. The van der Waals surface area contributed by atoms with Crippen LogP contribution in [-0.2, 0) is 11.2 Å². The van der Waals surface area contributed by atoms with Gasteiger partial charge in [0.25, 0.3) is 0 Å². The van der Waals surface area contributed by atoms with Crippen molar-refractivity contribution in [2.75, 3.05) is 0 Å². The van der Waals surface area contributed by atoms with Gasteiger partial charge in [0, 0.05) is 21.9 Å². The Hall–Kier alpha value is -0.230. The lowest BCUT2D eigenvalue weighted by Gasteiger charge is -1.98. The summed E-state index contributed by atoms with van der Waals surface area (Å²) >= 11 is 14.2. The van der Waals surface area contributed by atoms with E-state index < -0.39 is 0 Å². The minimum absolute atomic E-state index is 0.0442. The van der Waals surface area contributed by atoms with E-state index >= 15 is 0 Å². The molecule has 0 unspecified atom stereocenters. The average molecular weight is 410 g/mol. The molecule has 2 rings (SSSR count). The van der Waals surface area contributed by atoms with Gasteiger partial charge in [-0.3, -0.25) is 0 Å². The summed E-state index contributed by atoms with van der Waals surface area (Å²) in [5.41, 5.74) is 1.86. The molecule has 0 aliphatic rings. The molecule has 0 amide bonds. The molecule has 18 heavy (non-hydrogen) atoms. The van der Waals surface area contributed by atoms with E-state index in [1.54, 1.807) is 0 Å². The zero-order valence-corrected chi connectivity index (χ0v) is 13.8. The highest BCUT2D eigenvalue weighted by molar-refractivity contribution is 9.24. The van der Waals surface area contributed by atoms with E-state index in [0.717, 1.165) is 27.4 Å². The first-order valence-corrected chi connectivity index (χ1v) is 8.11. The Morgan fingerprint density at radius 1 is 1.33 bits per heavy atom. The number of thiazole rings is 1. The van der Waals surface area contributed by atoms with Gasteiger partial charge < -0.3 is 4.79 Å². The third-order valence-electron chi connectivity index (χ3n) is 2.29. The van der Waals surface area contributed by atoms with E-state index in [-0.39, 0.29) is 3.74 Å². The number of rotatable bonds is 4. The van der Waals surface area contributed by atoms with Gasteiger partial charge in [-0.15, -0.1) is 11.3 Å². The van der Waals surface area contributed by atoms with Crippen LogP contribution >= 0.6 is 54.8 Å². The van der Waals surface area contributed by atoms with Gasteiger partial charge in [0.05, 0.1) is 5.69 Å². The molecule has 1 heterocycles. The fourth-order valence-electron chi connectivity index (χ4n) is 1.47. The molecule has 0 spiro atoms. The van der Waals surface area contributed by atoms with Gasteiger partial charge in [0.15, 0.2) is 0 Å². The van der Waals surface area contributed by atoms with Gasteiger partial charge in [-0.1, -0.05) is 55.6 Å². The van der Waals surface area contributed by atoms with Crippen molar-refractivity contribution >= 4 is 61.1 Å². The summed E-state index contributed by atoms with van der Waals surface area (Å²) < 4.78 is -0.0442. The van der Waals surface area contributed by atoms with Crippen LogP contribution in [-0.4, -0.2) is 11.3 Å². The monoisotopic (exact) mass is 407 g/mol. The molecule has 1 aromatic heterocycles. The number of aromatic nitrogens is 1. The maximum Gasteiger partial charge on any atom is 0.125 e. The second-order valence-corrected chi connectivity index (χ2v) is 8.09. The minimum Gasteiger partial charge on any atom is -0.303 e. The standard InChI is InChI=1S/C12H8Br2ClNOS/c13-11(14)10-9(5-6-17)18-12(16-10)7-1-3-8(15)4-2-7/h1-4,6,11H,5H2. The lowest BCUT2D eigenvalue weighted by atomic mass is 10.2. The molecule has 0 aliphatic heterocycles. The number of hydrogen-bond acceptors (Lipinski definition) is 3. The van der Waals surface area contributed by atoms with Crippen molar-refractivity contribution in [3.05, 3.63) is 39.9 Å². The van der Waals surface area contributed by atoms with E-state index in [0.29, 0.717) is 11.4 Å². The van der Waals surface area contributed by atoms with Crippen LogP contribution in [0.15, 0.2) is 24.3 Å². The van der Waals surface area contributed by atoms with Crippen LogP contribution < -0.4 is 0 Å². The van der Waals surface area contributed by atoms with Gasteiger partial charge in [-0.05, 0) is 12.1 Å². The molecule has 0 saturated heterocycles. The topological polar surface area (TPSA) is 30.0 Å². The predicted octanol–water partition coefficient (Wildman–Crippen LogP) is 4.99. The van der Waals surface area contributed by atoms with Crippen molar-refractivity contribution in [1.29, 1.82) is 0 Å². The first kappa shape index (κ1) is 14.2. The van der Waals surface area contributed by atoms with Gasteiger partial charge in [0.1, 0.15) is 15.0 Å². The largest absolute Gasteiger partial charge is 0.303 e. The second kappa shape index (κ2) is 6.28. The van der Waals surface area contributed by atoms with E-state index in [9.17, 15) is 4.79 Å². The third-order valence-corrected chi connectivity index (χ3v) is 4.56. The summed E-state index contributed by atoms with van der Waals surface area (Å²) in [5, 5.41) is 1.59. The number of carbonyl (C=O) groups is 1. The zero-order chi connectivity index (χ0) is 13.1. The summed E-state index contributed by atoms with van der Waals surface area (Å²) in [5.74, 6) is 0. The molecule has 0 saturated carbocycles. The molecule has 1 aromatic carbocycles. The molecule has 0 fully saturated rings. The lowest BCUT2D eigenvalue weighted by molar-refractivity contribution is -0.107. The van der Waals surface area contributed by atoms with Gasteiger partial charge >= 0.3 is 0 Å². The molecule has 6 heteroatoms. The summed E-state index contributed by atoms with van der Waals surface area (Å²) in [4.78, 5) is 16.2. The van der Waals surface area contributed by atoms with Crippen molar-refractivity contribution in [2.24, 2.45) is 0 Å². The Kier molecular flexibility index (Phi) is 4.95. The molecule has 0 N–H and O–H groups in total. The van der Waals surface area contributed by atoms with Crippen LogP contribution in [0.25, 0.3) is 10.6 Å². The highest BCUT2D eigenvalue weighted by atomic mass is 79.9. The Morgan fingerprint density at radius 3 is 2.56 bits per heavy atom. The molecule has 0 atom stereocenters. The minimum atomic E-state index is -0.0442. The number of carbonyl (C=O) groups excluding carboxylic acids is 1. The van der Waals surface area contributed by atoms with Gasteiger partial charge in [0.2, 0.25) is 0 Å². The van der Waals surface area contributed by atoms with Gasteiger partial charge in [-0.2, -0.15) is 0 Å². The Morgan fingerprint density at radius 2 is 2.00 bits per heavy atom. The molecule has 0 bridgehead atoms. The molecule has 2 aromatic rings. The number of halogens is 3. The highest BCUT2D eigenvalue weighted by Gasteiger charge is 2.16. The lowest BCUT2D eigenvalue weighted by Crippen LogP contribution is -1.89. The number of benzene rings is 1. The Balaban J connectivity index is 2.42. The smallest absolute Gasteiger partial charge is 0.125 e. The molecular weight excluding hydrogens is 401 g/mol. The summed E-state index contributed by atoms with van der Waals surface area (Å²) in [7, 11) is 0. The van der Waals surface area contributed by atoms with Crippen LogP contribution in [0.3, 0.4) is 0 Å². The predicted molar refractivity (Wildman–Crippen MR) is 82.9 cm³/mol. The van der Waals surface area contributed by atoms with Crippen LogP contribution in [0.1, 0.15) is 14.3 Å². The normalized spacial score (nSPS) is 10.9. The number of aldehydes is 1. The number of alkyl halides is 2. The van der Waals surface area contributed by atoms with Crippen LogP contribution in [0.4, 0.5) is 0 Å². The van der Waals surface area contributed by atoms with Crippen LogP contribution in [0.2, 0.25) is 5.02 Å². The Bertz CT molecular complexity index is 554. The number of hydrogen-bond donors (Lipinski definition) is 0. The van der Waals surface area contributed by atoms with Crippen molar-refractivity contribution in [3.63, 3.8) is 0 Å². The second-order valence-electron chi connectivity index (χ2n) is 3.51. The number of nitrogens with zero attached hydrogens (tertiary/aromatic N) is 1. The fourth-order valence-corrected chi connectivity index (χ4v) is 3.71. The quantitative estimate of drug-likeness (QED) is 0.526. The molecule has 0 radical (unpaired) electrons. The summed E-state index contributed by atoms with van der Waals surface area (Å²) in [6.07, 6.45) is 1.28. The third kappa shape index (κ3) is 3.20. The first-order chi connectivity index (χ1) is 8.61. The van der Waals surface area contributed by atoms with E-state index in [4.69, 9.17) is 11.6 Å². The molecular formula is C12H8Br2ClNOS. The molecule has 2 nitrogen and oxygen atoms in total. The maximum absolute atomic E-state index is 10.7. The fraction of sp³-hybridized carbons (Fsp3) is 0.167. The van der Waals surface area contributed by atoms with Crippen molar-refractivity contribution < 1.29 is 4.79 Å². The summed E-state index contributed by atoms with van der Waals surface area (Å²) in [6, 6.07) is 7.51. The molecule has 94 valence electrons. The van der Waals surface area contributed by atoms with Crippen LogP contribution in [0.5, 0.6) is 0 Å². The zero-order valence-electron chi connectivity index (χ0n) is 9.07. The van der Waals surface area contributed by atoms with Crippen LogP contribution in [0, 0.1) is 0 Å². The maximum atomic E-state index is 10.7. The summed E-state index contributed by atoms with van der Waals surface area (Å²) in [6.45, 7) is 0. The van der Waals surface area contributed by atoms with Crippen molar-refractivity contribution in [1.82, 2.24) is 4.98 Å². The molecule has 0 aliphatic carbocycles. The van der Waals surface area contributed by atoms with E-state index in [1.165, 1.54) is 11.3 Å². The van der Waals surface area contributed by atoms with Gasteiger partial charge in [-0.25, -0.2) is 4.98 Å². The van der Waals surface area contributed by atoms with E-state index in [1.807, 2.05) is 24.3 Å². The van der Waals surface area contributed by atoms with E-state index in [2.05, 4.69) is 36.8 Å².